The molecule has 1 aliphatic rings. The van der Waals surface area contributed by atoms with Gasteiger partial charge in [-0.1, -0.05) is 60.7 Å². The number of rotatable bonds is 3. The summed E-state index contributed by atoms with van der Waals surface area (Å²) in [5.74, 6) is -2.88. The first-order valence-electron chi connectivity index (χ1n) is 6.84. The second-order valence-corrected chi connectivity index (χ2v) is 4.85. The van der Waals surface area contributed by atoms with Crippen molar-refractivity contribution in [3.8, 4) is 0 Å². The summed E-state index contributed by atoms with van der Waals surface area (Å²) in [5, 5.41) is 19.8. The molecular weight excluding hydrogens is 296 g/mol. The largest absolute Gasteiger partial charge is 0.504 e. The van der Waals surface area contributed by atoms with Crippen molar-refractivity contribution in [2.45, 2.75) is 0 Å². The van der Waals surface area contributed by atoms with Crippen LogP contribution in [0.2, 0.25) is 0 Å². The molecule has 0 radical (unpaired) electrons. The van der Waals surface area contributed by atoms with Gasteiger partial charge in [0.1, 0.15) is 11.1 Å². The monoisotopic (exact) mass is 308 g/mol. The molecule has 1 heterocycles. The third kappa shape index (κ3) is 2.60. The zero-order chi connectivity index (χ0) is 16.4. The molecule has 0 aromatic heterocycles. The molecule has 0 unspecified atom stereocenters. The van der Waals surface area contributed by atoms with Crippen LogP contribution >= 0.6 is 0 Å². The zero-order valence-electron chi connectivity index (χ0n) is 11.9. The number of carbonyl (C=O) groups is 2. The van der Waals surface area contributed by atoms with Crippen LogP contribution in [0.5, 0.6) is 0 Å². The highest BCUT2D eigenvalue weighted by Gasteiger charge is 2.35. The number of aliphatic hydroxyl groups excluding tert-OH is 1. The van der Waals surface area contributed by atoms with Gasteiger partial charge in [-0.05, 0) is 11.1 Å². The van der Waals surface area contributed by atoms with Crippen molar-refractivity contribution in [2.75, 3.05) is 0 Å². The van der Waals surface area contributed by atoms with E-state index in [0.29, 0.717) is 11.1 Å². The molecule has 2 aromatic carbocycles. The van der Waals surface area contributed by atoms with Crippen LogP contribution in [0.25, 0.3) is 11.1 Å². The molecular formula is C18H12O5. The number of aliphatic hydroxyl groups is 1. The fourth-order valence-corrected chi connectivity index (χ4v) is 2.39. The maximum atomic E-state index is 12.1. The van der Waals surface area contributed by atoms with E-state index in [1.54, 1.807) is 60.7 Å². The Hall–Kier alpha value is -3.34. The van der Waals surface area contributed by atoms with Crippen LogP contribution in [0.1, 0.15) is 11.1 Å². The van der Waals surface area contributed by atoms with E-state index in [0.717, 1.165) is 0 Å². The molecule has 0 spiro atoms. The van der Waals surface area contributed by atoms with E-state index in [1.165, 1.54) is 0 Å². The molecule has 2 aromatic rings. The van der Waals surface area contributed by atoms with Gasteiger partial charge in [0.15, 0.2) is 11.5 Å². The Morgan fingerprint density at radius 3 is 2.04 bits per heavy atom. The first-order chi connectivity index (χ1) is 11.1. The van der Waals surface area contributed by atoms with Gasteiger partial charge in [-0.2, -0.15) is 0 Å². The summed E-state index contributed by atoms with van der Waals surface area (Å²) in [6.07, 6.45) is 0. The quantitative estimate of drug-likeness (QED) is 0.672. The lowest BCUT2D eigenvalue weighted by Gasteiger charge is -2.06. The molecule has 0 atom stereocenters. The highest BCUT2D eigenvalue weighted by molar-refractivity contribution is 6.24. The average Bonchev–Trinajstić information content (AvgIpc) is 2.84. The molecule has 5 heteroatoms. The van der Waals surface area contributed by atoms with Gasteiger partial charge in [-0.3, -0.25) is 0 Å². The maximum Gasteiger partial charge on any atom is 0.348 e. The number of hydrogen-bond donors (Lipinski definition) is 2. The van der Waals surface area contributed by atoms with Crippen molar-refractivity contribution in [1.29, 1.82) is 0 Å². The second-order valence-electron chi connectivity index (χ2n) is 4.85. The van der Waals surface area contributed by atoms with E-state index in [-0.39, 0.29) is 16.9 Å². The van der Waals surface area contributed by atoms with Crippen LogP contribution in [-0.2, 0) is 14.3 Å². The summed E-state index contributed by atoms with van der Waals surface area (Å²) in [6, 6.07) is 16.7. The van der Waals surface area contributed by atoms with Crippen LogP contribution in [0.3, 0.4) is 0 Å². The van der Waals surface area contributed by atoms with E-state index in [4.69, 9.17) is 4.74 Å². The molecule has 2 N–H and O–H groups in total. The number of carboxylic acid groups (broad SMARTS) is 1. The van der Waals surface area contributed by atoms with Crippen molar-refractivity contribution in [3.63, 3.8) is 0 Å². The number of ether oxygens (including phenoxy) is 1. The van der Waals surface area contributed by atoms with Crippen LogP contribution in [0, 0.1) is 0 Å². The first-order valence-corrected chi connectivity index (χ1v) is 6.84. The Labute approximate surface area is 131 Å². The van der Waals surface area contributed by atoms with Crippen LogP contribution in [0.15, 0.2) is 72.2 Å². The summed E-state index contributed by atoms with van der Waals surface area (Å²) >= 11 is 0. The molecule has 3 rings (SSSR count). The lowest BCUT2D eigenvalue weighted by Crippen LogP contribution is -2.06. The predicted molar refractivity (Wildman–Crippen MR) is 83.1 cm³/mol. The average molecular weight is 308 g/mol. The van der Waals surface area contributed by atoms with Gasteiger partial charge in [0, 0.05) is 0 Å². The number of hydrogen-bond acceptors (Lipinski definition) is 4. The minimum atomic E-state index is -1.29. The lowest BCUT2D eigenvalue weighted by molar-refractivity contribution is -0.131. The minimum Gasteiger partial charge on any atom is -0.504 e. The zero-order valence-corrected chi connectivity index (χ0v) is 11.9. The fraction of sp³-hybridized carbons (Fsp3) is 0. The molecule has 0 fully saturated rings. The van der Waals surface area contributed by atoms with Gasteiger partial charge in [-0.25, -0.2) is 9.59 Å². The molecule has 23 heavy (non-hydrogen) atoms. The van der Waals surface area contributed by atoms with E-state index in [9.17, 15) is 19.8 Å². The lowest BCUT2D eigenvalue weighted by atomic mass is 10.0. The van der Waals surface area contributed by atoms with Crippen LogP contribution < -0.4 is 0 Å². The molecule has 0 amide bonds. The van der Waals surface area contributed by atoms with Gasteiger partial charge in [0.05, 0.1) is 0 Å². The molecule has 0 saturated carbocycles. The number of cyclic esters (lactones) is 1. The van der Waals surface area contributed by atoms with Gasteiger partial charge in [0.2, 0.25) is 0 Å². The van der Waals surface area contributed by atoms with Crippen molar-refractivity contribution < 1.29 is 24.5 Å². The highest BCUT2D eigenvalue weighted by Crippen LogP contribution is 2.36. The molecule has 0 bridgehead atoms. The van der Waals surface area contributed by atoms with Gasteiger partial charge < -0.3 is 14.9 Å². The highest BCUT2D eigenvalue weighted by atomic mass is 16.6. The summed E-state index contributed by atoms with van der Waals surface area (Å²) in [7, 11) is 0. The second kappa shape index (κ2) is 5.81. The van der Waals surface area contributed by atoms with E-state index < -0.39 is 17.7 Å². The fourth-order valence-electron chi connectivity index (χ4n) is 2.39. The van der Waals surface area contributed by atoms with Gasteiger partial charge in [0.25, 0.3) is 0 Å². The Bertz CT molecular complexity index is 832. The van der Waals surface area contributed by atoms with Gasteiger partial charge in [-0.15, -0.1) is 0 Å². The number of aliphatic carboxylic acids is 1. The van der Waals surface area contributed by atoms with Crippen molar-refractivity contribution in [3.05, 3.63) is 83.3 Å². The van der Waals surface area contributed by atoms with Crippen molar-refractivity contribution >= 4 is 23.1 Å². The van der Waals surface area contributed by atoms with Gasteiger partial charge >= 0.3 is 11.9 Å². The van der Waals surface area contributed by atoms with E-state index in [1.807, 2.05) is 0 Å². The van der Waals surface area contributed by atoms with Crippen molar-refractivity contribution in [1.82, 2.24) is 0 Å². The third-order valence-corrected chi connectivity index (χ3v) is 3.42. The predicted octanol–water partition coefficient (Wildman–Crippen LogP) is 3.01. The molecule has 114 valence electrons. The first kappa shape index (κ1) is 14.6. The Morgan fingerprint density at radius 1 is 0.913 bits per heavy atom. The van der Waals surface area contributed by atoms with Crippen molar-refractivity contribution in [2.24, 2.45) is 0 Å². The summed E-state index contributed by atoms with van der Waals surface area (Å²) in [4.78, 5) is 23.7. The number of carboxylic acids is 1. The number of carbonyl (C=O) groups excluding carboxylic acids is 1. The molecule has 5 nitrogen and oxygen atoms in total. The maximum absolute atomic E-state index is 12.1. The third-order valence-electron chi connectivity index (χ3n) is 3.42. The Morgan fingerprint density at radius 2 is 1.48 bits per heavy atom. The molecule has 0 aliphatic carbocycles. The normalized spacial score (nSPS) is 16.3. The number of benzene rings is 2. The molecule has 1 aliphatic heterocycles. The topological polar surface area (TPSA) is 83.8 Å². The summed E-state index contributed by atoms with van der Waals surface area (Å²) in [5.41, 5.74) is 0.490. The Kier molecular flexibility index (Phi) is 3.68. The molecule has 0 saturated heterocycles. The minimum absolute atomic E-state index is 0.0460. The SMILES string of the molecule is O=C1O/C(=C(/C(=O)O)c2ccccc2)C(O)=C1c1ccccc1. The smallest absolute Gasteiger partial charge is 0.348 e. The number of esters is 1. The van der Waals surface area contributed by atoms with E-state index >= 15 is 0 Å². The summed E-state index contributed by atoms with van der Waals surface area (Å²) in [6.45, 7) is 0. The van der Waals surface area contributed by atoms with Crippen LogP contribution in [0.4, 0.5) is 0 Å². The van der Waals surface area contributed by atoms with Crippen LogP contribution in [-0.4, -0.2) is 22.2 Å². The van der Waals surface area contributed by atoms with E-state index in [2.05, 4.69) is 0 Å². The summed E-state index contributed by atoms with van der Waals surface area (Å²) < 4.78 is 5.05. The Balaban J connectivity index is 2.21. The standard InChI is InChI=1S/C18H12O5/c19-15-13(11-7-3-1-4-8-11)18(22)23-16(15)14(17(20)21)12-9-5-2-6-10-12/h1-10,19H,(H,20,21)/b16-14+.